The first-order valence-corrected chi connectivity index (χ1v) is 20.8. The summed E-state index contributed by atoms with van der Waals surface area (Å²) in [4.78, 5) is 23.3. The van der Waals surface area contributed by atoms with Crippen LogP contribution in [0.15, 0.2) is 116 Å². The van der Waals surface area contributed by atoms with Gasteiger partial charge >= 0.3 is 11.9 Å². The quantitative estimate of drug-likeness (QED) is 0.0755. The van der Waals surface area contributed by atoms with E-state index in [1.54, 1.807) is 38.1 Å². The van der Waals surface area contributed by atoms with Crippen LogP contribution in [0.3, 0.4) is 0 Å². The van der Waals surface area contributed by atoms with E-state index in [1.807, 2.05) is 88.4 Å². The second-order valence-corrected chi connectivity index (χ2v) is 14.0. The minimum Gasteiger partial charge on any atom is -0.492 e. The second-order valence-electron chi connectivity index (χ2n) is 14.0. The highest BCUT2D eigenvalue weighted by Gasteiger charge is 2.22. The van der Waals surface area contributed by atoms with Gasteiger partial charge in [0.2, 0.25) is 0 Å². The summed E-state index contributed by atoms with van der Waals surface area (Å²) in [5.41, 5.74) is 4.70. The highest BCUT2D eigenvalue weighted by molar-refractivity contribution is 5.94. The standard InChI is InChI=1S/C25H26O4.C18H24O4.C6H10.C2H6/c1-18-16-22(29-17-21-12-7-4-8-13-21)19(2)24(23(18)25(26)27)28-15-9-14-20-10-5-3-6-11-20;1-3-9-21-15-10-13(2)17(18(19)20)16(11-15)22-12-14-7-5-4-6-8-14;1-3-5-6-4-2;1-2/h3-8,10-13,16H,9,14-15,17H2,1-2H3,(H,26,27);3,10-11,14H,1,4-9,12H2,2H3,(H,19,20);3-4,6H,1,5H2,2H3;1-2H3/b;;6-4-;. The summed E-state index contributed by atoms with van der Waals surface area (Å²) in [7, 11) is 0. The smallest absolute Gasteiger partial charge is 0.339 e. The maximum absolute atomic E-state index is 11.8. The Bertz CT molecular complexity index is 1880. The van der Waals surface area contributed by atoms with Crippen LogP contribution in [0.25, 0.3) is 0 Å². The number of hydrogen-bond donors (Lipinski definition) is 2. The van der Waals surface area contributed by atoms with Gasteiger partial charge in [-0.3, -0.25) is 0 Å². The summed E-state index contributed by atoms with van der Waals surface area (Å²) in [6.45, 7) is 20.4. The number of carbonyl (C=O) groups is 2. The fraction of sp³-hybridized carbons (Fsp3) is 0.373. The van der Waals surface area contributed by atoms with Crippen LogP contribution in [-0.2, 0) is 13.0 Å². The van der Waals surface area contributed by atoms with E-state index < -0.39 is 11.9 Å². The molecule has 0 aliphatic heterocycles. The van der Waals surface area contributed by atoms with Crippen molar-refractivity contribution in [2.45, 2.75) is 99.5 Å². The molecule has 5 rings (SSSR count). The molecule has 4 aromatic rings. The Balaban J connectivity index is 0.000000353. The lowest BCUT2D eigenvalue weighted by Crippen LogP contribution is -2.17. The summed E-state index contributed by atoms with van der Waals surface area (Å²) in [6.07, 6.45) is 16.4. The lowest BCUT2D eigenvalue weighted by atomic mass is 9.90. The molecule has 0 heterocycles. The Morgan fingerprint density at radius 2 is 1.34 bits per heavy atom. The molecule has 0 radical (unpaired) electrons. The molecule has 59 heavy (non-hydrogen) atoms. The molecular formula is C51H66O8. The number of hydrogen-bond acceptors (Lipinski definition) is 6. The van der Waals surface area contributed by atoms with Crippen LogP contribution < -0.4 is 18.9 Å². The molecule has 0 unspecified atom stereocenters. The van der Waals surface area contributed by atoms with Gasteiger partial charge in [0.1, 0.15) is 47.3 Å². The highest BCUT2D eigenvalue weighted by atomic mass is 16.5. The van der Waals surface area contributed by atoms with Crippen molar-refractivity contribution in [1.29, 1.82) is 0 Å². The van der Waals surface area contributed by atoms with E-state index in [4.69, 9.17) is 18.9 Å². The molecule has 0 bridgehead atoms. The largest absolute Gasteiger partial charge is 0.492 e. The molecule has 1 aliphatic carbocycles. The van der Waals surface area contributed by atoms with Crippen molar-refractivity contribution in [3.8, 4) is 23.0 Å². The van der Waals surface area contributed by atoms with E-state index in [0.29, 0.717) is 72.0 Å². The fourth-order valence-corrected chi connectivity index (χ4v) is 6.43. The average molecular weight is 807 g/mol. The van der Waals surface area contributed by atoms with Gasteiger partial charge in [-0.1, -0.05) is 125 Å². The summed E-state index contributed by atoms with van der Waals surface area (Å²) < 4.78 is 23.3. The Hall–Kier alpha value is -5.76. The number of carboxylic acids is 2. The molecular weight excluding hydrogens is 741 g/mol. The summed E-state index contributed by atoms with van der Waals surface area (Å²) >= 11 is 0. The Morgan fingerprint density at radius 3 is 1.90 bits per heavy atom. The third-order valence-corrected chi connectivity index (χ3v) is 9.42. The maximum atomic E-state index is 11.8. The van der Waals surface area contributed by atoms with Gasteiger partial charge in [0, 0.05) is 11.6 Å². The van der Waals surface area contributed by atoms with Gasteiger partial charge in [-0.2, -0.15) is 0 Å². The topological polar surface area (TPSA) is 112 Å². The third kappa shape index (κ3) is 17.7. The molecule has 8 heteroatoms. The van der Waals surface area contributed by atoms with Crippen LogP contribution in [0.1, 0.15) is 114 Å². The molecule has 0 aromatic heterocycles. The lowest BCUT2D eigenvalue weighted by Gasteiger charge is -2.22. The molecule has 1 saturated carbocycles. The minimum absolute atomic E-state index is 0.203. The van der Waals surface area contributed by atoms with E-state index in [1.165, 1.54) is 24.8 Å². The first-order valence-electron chi connectivity index (χ1n) is 20.8. The van der Waals surface area contributed by atoms with Gasteiger partial charge in [-0.05, 0) is 100 Å². The van der Waals surface area contributed by atoms with Gasteiger partial charge in [0.25, 0.3) is 0 Å². The minimum atomic E-state index is -0.988. The first kappa shape index (κ1) is 49.4. The number of benzene rings is 4. The number of allylic oxidation sites excluding steroid dienone is 3. The summed E-state index contributed by atoms with van der Waals surface area (Å²) in [6, 6.07) is 25.2. The van der Waals surface area contributed by atoms with E-state index in [9.17, 15) is 19.8 Å². The average Bonchev–Trinajstić information content (AvgIpc) is 3.25. The van der Waals surface area contributed by atoms with E-state index in [-0.39, 0.29) is 11.1 Å². The van der Waals surface area contributed by atoms with E-state index in [2.05, 4.69) is 31.4 Å². The van der Waals surface area contributed by atoms with Gasteiger partial charge in [0.15, 0.2) is 0 Å². The molecule has 1 fully saturated rings. The van der Waals surface area contributed by atoms with Crippen LogP contribution in [0.2, 0.25) is 0 Å². The van der Waals surface area contributed by atoms with Crippen LogP contribution in [0, 0.1) is 26.7 Å². The van der Waals surface area contributed by atoms with Crippen molar-refractivity contribution in [2.75, 3.05) is 19.8 Å². The third-order valence-electron chi connectivity index (χ3n) is 9.42. The zero-order valence-electron chi connectivity index (χ0n) is 36.1. The molecule has 8 nitrogen and oxygen atoms in total. The van der Waals surface area contributed by atoms with Gasteiger partial charge < -0.3 is 29.2 Å². The second kappa shape index (κ2) is 28.6. The molecule has 0 saturated heterocycles. The molecule has 1 aliphatic rings. The van der Waals surface area contributed by atoms with Crippen LogP contribution in [-0.4, -0.2) is 42.0 Å². The predicted octanol–water partition coefficient (Wildman–Crippen LogP) is 13.0. The van der Waals surface area contributed by atoms with Crippen molar-refractivity contribution < 1.29 is 38.7 Å². The zero-order valence-corrected chi connectivity index (χ0v) is 36.1. The number of aromatic carboxylic acids is 2. The van der Waals surface area contributed by atoms with Gasteiger partial charge in [0.05, 0.1) is 13.2 Å². The van der Waals surface area contributed by atoms with E-state index >= 15 is 0 Å². The van der Waals surface area contributed by atoms with Crippen molar-refractivity contribution in [3.63, 3.8) is 0 Å². The van der Waals surface area contributed by atoms with Crippen molar-refractivity contribution in [3.05, 3.63) is 155 Å². The van der Waals surface area contributed by atoms with Crippen molar-refractivity contribution in [1.82, 2.24) is 0 Å². The van der Waals surface area contributed by atoms with Crippen molar-refractivity contribution >= 4 is 11.9 Å². The van der Waals surface area contributed by atoms with Crippen molar-refractivity contribution in [2.24, 2.45) is 5.92 Å². The maximum Gasteiger partial charge on any atom is 0.339 e. The molecule has 4 aromatic carbocycles. The van der Waals surface area contributed by atoms with Crippen LogP contribution in [0.5, 0.6) is 23.0 Å². The first-order chi connectivity index (χ1) is 28.6. The Morgan fingerprint density at radius 1 is 0.729 bits per heavy atom. The fourth-order valence-electron chi connectivity index (χ4n) is 6.43. The van der Waals surface area contributed by atoms with Gasteiger partial charge in [-0.25, -0.2) is 9.59 Å². The molecule has 318 valence electrons. The number of ether oxygens (including phenoxy) is 4. The zero-order chi connectivity index (χ0) is 43.4. The van der Waals surface area contributed by atoms with E-state index in [0.717, 1.165) is 37.7 Å². The Kier molecular flexibility index (Phi) is 23.9. The monoisotopic (exact) mass is 806 g/mol. The predicted molar refractivity (Wildman–Crippen MR) is 241 cm³/mol. The summed E-state index contributed by atoms with van der Waals surface area (Å²) in [5, 5.41) is 19.1. The van der Waals surface area contributed by atoms with Crippen LogP contribution >= 0.6 is 0 Å². The molecule has 0 amide bonds. The summed E-state index contributed by atoms with van der Waals surface area (Å²) in [5.74, 6) is 0.624. The number of carboxylic acid groups (broad SMARTS) is 2. The molecule has 0 spiro atoms. The SMILES string of the molecule is C=CC/C=C\C.C=CCOc1cc(C)c(C(=O)O)c(OCC2CCCCC2)c1.CC.Cc1cc(OCc2ccccc2)c(C)c(OCCCc2ccccc2)c1C(=O)O. The number of rotatable bonds is 18. The normalized spacial score (nSPS) is 12.0. The van der Waals surface area contributed by atoms with Gasteiger partial charge in [-0.15, -0.1) is 6.58 Å². The van der Waals surface area contributed by atoms with Crippen LogP contribution in [0.4, 0.5) is 0 Å². The molecule has 0 atom stereocenters. The lowest BCUT2D eigenvalue weighted by molar-refractivity contribution is 0.0679. The Labute approximate surface area is 353 Å². The highest BCUT2D eigenvalue weighted by Crippen LogP contribution is 2.35. The molecule has 2 N–H and O–H groups in total. The number of aryl methyl sites for hydroxylation is 3.